The molecule has 4 N–H and O–H groups in total. The molecule has 2 aromatic rings. The van der Waals surface area contributed by atoms with E-state index in [0.29, 0.717) is 12.1 Å². The molecule has 3 rings (SSSR count). The molecule has 0 aliphatic carbocycles. The summed E-state index contributed by atoms with van der Waals surface area (Å²) >= 11 is 0. The number of nitrogens with two attached hydrogens (primary N) is 1. The molecule has 0 radical (unpaired) electrons. The number of nitrogens with one attached hydrogen (secondary N) is 2. The number of guanidine groups is 1. The molecule has 0 unspecified atom stereocenters. The van der Waals surface area contributed by atoms with Crippen LogP contribution >= 0.6 is 0 Å². The van der Waals surface area contributed by atoms with Crippen molar-refractivity contribution in [1.82, 2.24) is 15.5 Å². The smallest absolute Gasteiger partial charge is 0.251 e. The van der Waals surface area contributed by atoms with E-state index in [2.05, 4.69) is 22.5 Å². The van der Waals surface area contributed by atoms with Crippen LogP contribution in [-0.2, 0) is 11.3 Å². The van der Waals surface area contributed by atoms with Gasteiger partial charge in [0.15, 0.2) is 5.96 Å². The van der Waals surface area contributed by atoms with E-state index in [0.717, 1.165) is 49.7 Å². The lowest BCUT2D eigenvalue weighted by atomic mass is 10.1. The van der Waals surface area contributed by atoms with E-state index in [4.69, 9.17) is 15.5 Å². The molecular formula is C24H31N5O3. The van der Waals surface area contributed by atoms with Crippen LogP contribution in [0.4, 0.5) is 0 Å². The van der Waals surface area contributed by atoms with E-state index < -0.39 is 5.91 Å². The highest BCUT2D eigenvalue weighted by Gasteiger charge is 2.22. The average Bonchev–Trinajstić information content (AvgIpc) is 2.82. The Bertz CT molecular complexity index is 907. The van der Waals surface area contributed by atoms with E-state index >= 15 is 0 Å². The number of hydrogen-bond donors (Lipinski definition) is 3. The molecule has 8 nitrogen and oxygen atoms in total. The average molecular weight is 438 g/mol. The second-order valence-corrected chi connectivity index (χ2v) is 7.63. The maximum atomic E-state index is 12.0. The number of amides is 2. The molecule has 8 heteroatoms. The first kappa shape index (κ1) is 23.1. The summed E-state index contributed by atoms with van der Waals surface area (Å²) in [4.78, 5) is 29.8. The van der Waals surface area contributed by atoms with Gasteiger partial charge in [-0.3, -0.25) is 9.59 Å². The summed E-state index contributed by atoms with van der Waals surface area (Å²) in [6.07, 6.45) is 2.09. The van der Waals surface area contributed by atoms with Gasteiger partial charge in [0.2, 0.25) is 5.91 Å². The summed E-state index contributed by atoms with van der Waals surface area (Å²) in [5, 5.41) is 5.85. The third-order valence-electron chi connectivity index (χ3n) is 5.17. The maximum absolute atomic E-state index is 12.0. The fourth-order valence-electron chi connectivity index (χ4n) is 3.50. The van der Waals surface area contributed by atoms with Crippen molar-refractivity contribution in [1.29, 1.82) is 0 Å². The second-order valence-electron chi connectivity index (χ2n) is 7.63. The van der Waals surface area contributed by atoms with Gasteiger partial charge in [-0.2, -0.15) is 0 Å². The SMILES string of the molecule is CCNC(=NCc1ccc(C(=O)NCC(N)=O)cc1)N1CCC(Oc2ccccc2)CC1. The number of rotatable bonds is 8. The van der Waals surface area contributed by atoms with Crippen molar-refractivity contribution < 1.29 is 14.3 Å². The lowest BCUT2D eigenvalue weighted by Gasteiger charge is -2.34. The number of benzene rings is 2. The minimum absolute atomic E-state index is 0.177. The minimum Gasteiger partial charge on any atom is -0.490 e. The van der Waals surface area contributed by atoms with Crippen LogP contribution in [0.2, 0.25) is 0 Å². The number of likely N-dealkylation sites (tertiary alicyclic amines) is 1. The zero-order chi connectivity index (χ0) is 22.8. The fourth-order valence-corrected chi connectivity index (χ4v) is 3.50. The number of carbonyl (C=O) groups is 2. The summed E-state index contributed by atoms with van der Waals surface area (Å²) in [7, 11) is 0. The first-order valence-corrected chi connectivity index (χ1v) is 11.0. The number of para-hydroxylation sites is 1. The number of hydrogen-bond acceptors (Lipinski definition) is 4. The van der Waals surface area contributed by atoms with Crippen LogP contribution in [0.1, 0.15) is 35.7 Å². The molecule has 2 aromatic carbocycles. The van der Waals surface area contributed by atoms with Crippen molar-refractivity contribution in [3.8, 4) is 5.75 Å². The van der Waals surface area contributed by atoms with Gasteiger partial charge < -0.3 is 26.0 Å². The molecule has 1 saturated heterocycles. The lowest BCUT2D eigenvalue weighted by Crippen LogP contribution is -2.47. The predicted molar refractivity (Wildman–Crippen MR) is 124 cm³/mol. The molecule has 1 aliphatic heterocycles. The largest absolute Gasteiger partial charge is 0.490 e. The van der Waals surface area contributed by atoms with Gasteiger partial charge in [-0.05, 0) is 36.8 Å². The zero-order valence-electron chi connectivity index (χ0n) is 18.4. The second kappa shape index (κ2) is 11.7. The van der Waals surface area contributed by atoms with Crippen molar-refractivity contribution in [2.75, 3.05) is 26.2 Å². The Morgan fingerprint density at radius 1 is 1.06 bits per heavy atom. The van der Waals surface area contributed by atoms with E-state index in [-0.39, 0.29) is 18.6 Å². The van der Waals surface area contributed by atoms with Crippen LogP contribution in [0.3, 0.4) is 0 Å². The van der Waals surface area contributed by atoms with E-state index in [1.165, 1.54) is 0 Å². The van der Waals surface area contributed by atoms with Crippen molar-refractivity contribution in [3.63, 3.8) is 0 Å². The Morgan fingerprint density at radius 2 is 1.75 bits per heavy atom. The molecular weight excluding hydrogens is 406 g/mol. The summed E-state index contributed by atoms with van der Waals surface area (Å²) in [6, 6.07) is 17.1. The fraction of sp³-hybridized carbons (Fsp3) is 0.375. The van der Waals surface area contributed by atoms with Crippen LogP contribution < -0.4 is 21.1 Å². The highest BCUT2D eigenvalue weighted by molar-refractivity contribution is 5.96. The number of nitrogens with zero attached hydrogens (tertiary/aromatic N) is 2. The molecule has 0 atom stereocenters. The summed E-state index contributed by atoms with van der Waals surface area (Å²) in [5.41, 5.74) is 6.53. The number of ether oxygens (including phenoxy) is 1. The van der Waals surface area contributed by atoms with Crippen LogP contribution in [0.15, 0.2) is 59.6 Å². The first-order chi connectivity index (χ1) is 15.5. The van der Waals surface area contributed by atoms with Crippen LogP contribution in [-0.4, -0.2) is 55.0 Å². The molecule has 170 valence electrons. The predicted octanol–water partition coefficient (Wildman–Crippen LogP) is 1.91. The first-order valence-electron chi connectivity index (χ1n) is 11.0. The van der Waals surface area contributed by atoms with Gasteiger partial charge in [-0.25, -0.2) is 4.99 Å². The maximum Gasteiger partial charge on any atom is 0.251 e. The van der Waals surface area contributed by atoms with Gasteiger partial charge in [0.25, 0.3) is 5.91 Å². The molecule has 1 heterocycles. The van der Waals surface area contributed by atoms with Crippen LogP contribution in [0.5, 0.6) is 5.75 Å². The quantitative estimate of drug-likeness (QED) is 0.432. The van der Waals surface area contributed by atoms with Gasteiger partial charge in [-0.1, -0.05) is 30.3 Å². The molecule has 1 aliphatic rings. The molecule has 0 bridgehead atoms. The van der Waals surface area contributed by atoms with Gasteiger partial charge >= 0.3 is 0 Å². The topological polar surface area (TPSA) is 109 Å². The standard InChI is InChI=1S/C24H31N5O3/c1-2-26-24(29-14-12-21(13-15-29)32-20-6-4-3-5-7-20)28-16-18-8-10-19(11-9-18)23(31)27-17-22(25)30/h3-11,21H,2,12-17H2,1H3,(H2,25,30)(H,26,28)(H,27,31). The summed E-state index contributed by atoms with van der Waals surface area (Å²) < 4.78 is 6.09. The monoisotopic (exact) mass is 437 g/mol. The van der Waals surface area contributed by atoms with Crippen LogP contribution in [0.25, 0.3) is 0 Å². The van der Waals surface area contributed by atoms with Gasteiger partial charge in [0.05, 0.1) is 13.1 Å². The van der Waals surface area contributed by atoms with E-state index in [1.54, 1.807) is 12.1 Å². The number of carbonyl (C=O) groups excluding carboxylic acids is 2. The van der Waals surface area contributed by atoms with Crippen molar-refractivity contribution >= 4 is 17.8 Å². The van der Waals surface area contributed by atoms with E-state index in [9.17, 15) is 9.59 Å². The van der Waals surface area contributed by atoms with Gasteiger partial charge in [0, 0.05) is 38.0 Å². The minimum atomic E-state index is -0.573. The number of piperidine rings is 1. The highest BCUT2D eigenvalue weighted by Crippen LogP contribution is 2.19. The van der Waals surface area contributed by atoms with Crippen LogP contribution in [0, 0.1) is 0 Å². The molecule has 0 saturated carbocycles. The zero-order valence-corrected chi connectivity index (χ0v) is 18.4. The number of aliphatic imine (C=N–C) groups is 1. The summed E-state index contributed by atoms with van der Waals surface area (Å²) in [5.74, 6) is 0.899. The Balaban J connectivity index is 1.53. The van der Waals surface area contributed by atoms with Gasteiger partial charge in [0.1, 0.15) is 11.9 Å². The third-order valence-corrected chi connectivity index (χ3v) is 5.17. The van der Waals surface area contributed by atoms with E-state index in [1.807, 2.05) is 42.5 Å². The highest BCUT2D eigenvalue weighted by atomic mass is 16.5. The van der Waals surface area contributed by atoms with Crippen molar-refractivity contribution in [2.45, 2.75) is 32.4 Å². The number of primary amides is 1. The Morgan fingerprint density at radius 3 is 2.38 bits per heavy atom. The molecule has 1 fully saturated rings. The Hall–Kier alpha value is -3.55. The lowest BCUT2D eigenvalue weighted by molar-refractivity contribution is -0.117. The van der Waals surface area contributed by atoms with Gasteiger partial charge in [-0.15, -0.1) is 0 Å². The summed E-state index contributed by atoms with van der Waals surface area (Å²) in [6.45, 7) is 4.93. The molecule has 0 spiro atoms. The normalized spacial score (nSPS) is 14.7. The molecule has 32 heavy (non-hydrogen) atoms. The Kier molecular flexibility index (Phi) is 8.48. The van der Waals surface area contributed by atoms with Crippen molar-refractivity contribution in [3.05, 3.63) is 65.7 Å². The molecule has 0 aromatic heterocycles. The third kappa shape index (κ3) is 7.01. The molecule has 2 amide bonds. The Labute approximate surface area is 188 Å². The van der Waals surface area contributed by atoms with Crippen molar-refractivity contribution in [2.24, 2.45) is 10.7 Å².